The average Bonchev–Trinajstić information content (AvgIpc) is 2.95. The molecule has 0 aliphatic heterocycles. The Bertz CT molecular complexity index is 538. The lowest BCUT2D eigenvalue weighted by atomic mass is 10.1. The van der Waals surface area contributed by atoms with Gasteiger partial charge < -0.3 is 15.2 Å². The van der Waals surface area contributed by atoms with Crippen LogP contribution in [0.2, 0.25) is 0 Å². The molecule has 2 rings (SSSR count). The first kappa shape index (κ1) is 17.3. The Morgan fingerprint density at radius 1 is 1.26 bits per heavy atom. The number of rotatable bonds is 7. The van der Waals surface area contributed by atoms with Gasteiger partial charge in [0, 0.05) is 6.04 Å². The topological polar surface area (TPSA) is 75.6 Å². The van der Waals surface area contributed by atoms with Crippen molar-refractivity contribution in [2.45, 2.75) is 45.6 Å². The standard InChI is InChI=1S/C18H25NO4/c1-12(2)11-23-16-7-3-13(4-8-16)9-17(20)19-15-6-5-14(10-15)18(21)22/h3-4,7-8,12,14-15H,5-6,9-11H2,1-2H3,(H,19,20)(H,21,22)/t14-,15+/m0/s1. The Morgan fingerprint density at radius 3 is 2.52 bits per heavy atom. The summed E-state index contributed by atoms with van der Waals surface area (Å²) in [6.07, 6.45) is 2.22. The number of carbonyl (C=O) groups is 2. The minimum absolute atomic E-state index is 0.0164. The Labute approximate surface area is 137 Å². The van der Waals surface area contributed by atoms with E-state index in [9.17, 15) is 9.59 Å². The first-order valence-electron chi connectivity index (χ1n) is 8.18. The van der Waals surface area contributed by atoms with Crippen LogP contribution in [0.3, 0.4) is 0 Å². The van der Waals surface area contributed by atoms with Gasteiger partial charge >= 0.3 is 5.97 Å². The molecule has 23 heavy (non-hydrogen) atoms. The van der Waals surface area contributed by atoms with Gasteiger partial charge in [0.2, 0.25) is 5.91 Å². The van der Waals surface area contributed by atoms with Crippen LogP contribution < -0.4 is 10.1 Å². The molecule has 0 saturated heterocycles. The maximum atomic E-state index is 12.1. The first-order valence-corrected chi connectivity index (χ1v) is 8.18. The van der Waals surface area contributed by atoms with Crippen LogP contribution in [0.25, 0.3) is 0 Å². The minimum atomic E-state index is -0.765. The molecule has 126 valence electrons. The van der Waals surface area contributed by atoms with Gasteiger partial charge in [-0.1, -0.05) is 26.0 Å². The molecule has 0 spiro atoms. The van der Waals surface area contributed by atoms with Gasteiger partial charge in [-0.15, -0.1) is 0 Å². The Hall–Kier alpha value is -2.04. The predicted octanol–water partition coefficient (Wildman–Crippen LogP) is 2.63. The highest BCUT2D eigenvalue weighted by Crippen LogP contribution is 2.25. The van der Waals surface area contributed by atoms with E-state index in [1.807, 2.05) is 24.3 Å². The fourth-order valence-corrected chi connectivity index (χ4v) is 2.77. The molecule has 1 aliphatic carbocycles. The Kier molecular flexibility index (Phi) is 6.02. The van der Waals surface area contributed by atoms with Crippen LogP contribution >= 0.6 is 0 Å². The molecule has 0 bridgehead atoms. The van der Waals surface area contributed by atoms with E-state index < -0.39 is 5.97 Å². The zero-order valence-corrected chi connectivity index (χ0v) is 13.7. The zero-order valence-electron chi connectivity index (χ0n) is 13.7. The molecule has 1 saturated carbocycles. The predicted molar refractivity (Wildman–Crippen MR) is 87.4 cm³/mol. The van der Waals surface area contributed by atoms with E-state index in [4.69, 9.17) is 9.84 Å². The minimum Gasteiger partial charge on any atom is -0.493 e. The maximum Gasteiger partial charge on any atom is 0.306 e. The third-order valence-corrected chi connectivity index (χ3v) is 4.02. The van der Waals surface area contributed by atoms with Crippen molar-refractivity contribution in [3.8, 4) is 5.75 Å². The summed E-state index contributed by atoms with van der Waals surface area (Å²) < 4.78 is 5.61. The molecular weight excluding hydrogens is 294 g/mol. The van der Waals surface area contributed by atoms with Crippen LogP contribution in [-0.4, -0.2) is 29.6 Å². The van der Waals surface area contributed by atoms with Crippen LogP contribution in [0.5, 0.6) is 5.75 Å². The number of carboxylic acid groups (broad SMARTS) is 1. The molecule has 1 amide bonds. The van der Waals surface area contributed by atoms with Crippen molar-refractivity contribution >= 4 is 11.9 Å². The molecule has 2 atom stereocenters. The molecule has 0 unspecified atom stereocenters. The van der Waals surface area contributed by atoms with Crippen LogP contribution in [0, 0.1) is 11.8 Å². The summed E-state index contributed by atoms with van der Waals surface area (Å²) in [5, 5.41) is 11.9. The van der Waals surface area contributed by atoms with Gasteiger partial charge in [0.15, 0.2) is 0 Å². The van der Waals surface area contributed by atoms with Crippen molar-refractivity contribution in [1.29, 1.82) is 0 Å². The molecule has 1 aromatic rings. The van der Waals surface area contributed by atoms with E-state index in [0.29, 0.717) is 31.8 Å². The molecule has 0 heterocycles. The lowest BCUT2D eigenvalue weighted by Crippen LogP contribution is -2.34. The number of ether oxygens (including phenoxy) is 1. The molecule has 1 aliphatic rings. The summed E-state index contributed by atoms with van der Waals surface area (Å²) in [7, 11) is 0. The summed E-state index contributed by atoms with van der Waals surface area (Å²) in [6.45, 7) is 4.86. The average molecular weight is 319 g/mol. The van der Waals surface area contributed by atoms with Gasteiger partial charge in [-0.25, -0.2) is 0 Å². The number of hydrogen-bond acceptors (Lipinski definition) is 3. The molecular formula is C18H25NO4. The lowest BCUT2D eigenvalue weighted by molar-refractivity contribution is -0.141. The van der Waals surface area contributed by atoms with Crippen LogP contribution in [0.1, 0.15) is 38.7 Å². The fraction of sp³-hybridized carbons (Fsp3) is 0.556. The second-order valence-electron chi connectivity index (χ2n) is 6.64. The van der Waals surface area contributed by atoms with Crippen molar-refractivity contribution < 1.29 is 19.4 Å². The third kappa shape index (κ3) is 5.58. The lowest BCUT2D eigenvalue weighted by Gasteiger charge is -2.13. The Morgan fingerprint density at radius 2 is 1.96 bits per heavy atom. The molecule has 5 nitrogen and oxygen atoms in total. The van der Waals surface area contributed by atoms with Crippen molar-refractivity contribution in [2.75, 3.05) is 6.61 Å². The highest BCUT2D eigenvalue weighted by atomic mass is 16.5. The molecule has 0 aromatic heterocycles. The number of nitrogens with one attached hydrogen (secondary N) is 1. The zero-order chi connectivity index (χ0) is 16.8. The molecule has 0 radical (unpaired) electrons. The number of carboxylic acids is 1. The Balaban J connectivity index is 1.78. The van der Waals surface area contributed by atoms with Gasteiger partial charge in [-0.3, -0.25) is 9.59 Å². The fourth-order valence-electron chi connectivity index (χ4n) is 2.77. The molecule has 1 aromatic carbocycles. The summed E-state index contributed by atoms with van der Waals surface area (Å²) in [4.78, 5) is 23.0. The monoisotopic (exact) mass is 319 g/mol. The van der Waals surface area contributed by atoms with E-state index in [0.717, 1.165) is 17.7 Å². The second kappa shape index (κ2) is 7.99. The van der Waals surface area contributed by atoms with Crippen LogP contribution in [0.15, 0.2) is 24.3 Å². The second-order valence-corrected chi connectivity index (χ2v) is 6.64. The summed E-state index contributed by atoms with van der Waals surface area (Å²) >= 11 is 0. The largest absolute Gasteiger partial charge is 0.493 e. The van der Waals surface area contributed by atoms with E-state index in [1.165, 1.54) is 0 Å². The molecule has 5 heteroatoms. The summed E-state index contributed by atoms with van der Waals surface area (Å²) in [5.41, 5.74) is 0.923. The van der Waals surface area contributed by atoms with Crippen LogP contribution in [-0.2, 0) is 16.0 Å². The van der Waals surface area contributed by atoms with Gasteiger partial charge in [0.1, 0.15) is 5.75 Å². The normalized spacial score (nSPS) is 20.5. The van der Waals surface area contributed by atoms with E-state index in [2.05, 4.69) is 19.2 Å². The first-order chi connectivity index (χ1) is 10.9. The number of hydrogen-bond donors (Lipinski definition) is 2. The van der Waals surface area contributed by atoms with E-state index in [1.54, 1.807) is 0 Å². The van der Waals surface area contributed by atoms with Gasteiger partial charge in [-0.05, 0) is 42.9 Å². The van der Waals surface area contributed by atoms with Gasteiger partial charge in [0.25, 0.3) is 0 Å². The number of aliphatic carboxylic acids is 1. The van der Waals surface area contributed by atoms with Crippen molar-refractivity contribution in [1.82, 2.24) is 5.32 Å². The third-order valence-electron chi connectivity index (χ3n) is 4.02. The smallest absolute Gasteiger partial charge is 0.306 e. The summed E-state index contributed by atoms with van der Waals surface area (Å²) in [6, 6.07) is 7.52. The molecule has 1 fully saturated rings. The van der Waals surface area contributed by atoms with E-state index in [-0.39, 0.29) is 17.9 Å². The van der Waals surface area contributed by atoms with Crippen molar-refractivity contribution in [3.05, 3.63) is 29.8 Å². The number of carbonyl (C=O) groups excluding carboxylic acids is 1. The van der Waals surface area contributed by atoms with Gasteiger partial charge in [-0.2, -0.15) is 0 Å². The van der Waals surface area contributed by atoms with Crippen LogP contribution in [0.4, 0.5) is 0 Å². The highest BCUT2D eigenvalue weighted by Gasteiger charge is 2.30. The summed E-state index contributed by atoms with van der Waals surface area (Å²) in [5.74, 6) is 0.137. The van der Waals surface area contributed by atoms with Crippen molar-refractivity contribution in [3.63, 3.8) is 0 Å². The van der Waals surface area contributed by atoms with Gasteiger partial charge in [0.05, 0.1) is 18.9 Å². The highest BCUT2D eigenvalue weighted by molar-refractivity contribution is 5.79. The number of amides is 1. The SMILES string of the molecule is CC(C)COc1ccc(CC(=O)N[C@@H]2CC[C@H](C(=O)O)C2)cc1. The maximum absolute atomic E-state index is 12.1. The number of benzene rings is 1. The van der Waals surface area contributed by atoms with E-state index >= 15 is 0 Å². The molecule has 2 N–H and O–H groups in total. The quantitative estimate of drug-likeness (QED) is 0.810. The van der Waals surface area contributed by atoms with Crippen molar-refractivity contribution in [2.24, 2.45) is 11.8 Å².